The summed E-state index contributed by atoms with van der Waals surface area (Å²) >= 11 is 3.53. The zero-order valence-electron chi connectivity index (χ0n) is 14.5. The van der Waals surface area contributed by atoms with Crippen LogP contribution in [-0.2, 0) is 14.0 Å². The number of ether oxygens (including phenoxy) is 1. The molecular formula is C17H21BBrNO4. The summed E-state index contributed by atoms with van der Waals surface area (Å²) in [5, 5.41) is 0.894. The number of aromatic amines is 1. The van der Waals surface area contributed by atoms with Crippen LogP contribution in [0, 0.1) is 0 Å². The molecule has 128 valence electrons. The molecule has 1 aromatic carbocycles. The molecule has 0 radical (unpaired) electrons. The van der Waals surface area contributed by atoms with E-state index in [9.17, 15) is 4.79 Å². The number of halogens is 1. The van der Waals surface area contributed by atoms with Crippen molar-refractivity contribution in [3.8, 4) is 0 Å². The van der Waals surface area contributed by atoms with E-state index in [0.717, 1.165) is 20.8 Å². The Hall–Kier alpha value is -1.31. The zero-order valence-corrected chi connectivity index (χ0v) is 16.1. The van der Waals surface area contributed by atoms with Gasteiger partial charge in [-0.05, 0) is 46.8 Å². The average Bonchev–Trinajstić information content (AvgIpc) is 3.00. The van der Waals surface area contributed by atoms with Gasteiger partial charge in [0, 0.05) is 20.8 Å². The molecule has 0 saturated carbocycles. The second-order valence-electron chi connectivity index (χ2n) is 6.92. The highest BCUT2D eigenvalue weighted by atomic mass is 79.9. The number of esters is 1. The molecule has 1 aliphatic heterocycles. The van der Waals surface area contributed by atoms with E-state index in [1.54, 1.807) is 13.0 Å². The Balaban J connectivity index is 2.07. The van der Waals surface area contributed by atoms with Crippen LogP contribution >= 0.6 is 15.9 Å². The maximum atomic E-state index is 12.0. The number of fused-ring (bicyclic) bond motifs is 1. The van der Waals surface area contributed by atoms with Gasteiger partial charge in [0.25, 0.3) is 0 Å². The van der Waals surface area contributed by atoms with Crippen molar-refractivity contribution in [1.82, 2.24) is 4.98 Å². The van der Waals surface area contributed by atoms with Crippen LogP contribution in [0.3, 0.4) is 0 Å². The quantitative estimate of drug-likeness (QED) is 0.641. The molecule has 0 aliphatic carbocycles. The Bertz CT molecular complexity index is 783. The van der Waals surface area contributed by atoms with Crippen LogP contribution in [0.2, 0.25) is 0 Å². The van der Waals surface area contributed by atoms with Gasteiger partial charge in [-0.1, -0.05) is 22.0 Å². The second-order valence-corrected chi connectivity index (χ2v) is 7.77. The topological polar surface area (TPSA) is 60.6 Å². The fourth-order valence-electron chi connectivity index (χ4n) is 2.69. The summed E-state index contributed by atoms with van der Waals surface area (Å²) in [6.07, 6.45) is 0. The van der Waals surface area contributed by atoms with Gasteiger partial charge in [0.2, 0.25) is 0 Å². The number of aromatic nitrogens is 1. The lowest BCUT2D eigenvalue weighted by Gasteiger charge is -2.32. The number of rotatable bonds is 3. The first-order chi connectivity index (χ1) is 11.2. The fraction of sp³-hybridized carbons (Fsp3) is 0.471. The van der Waals surface area contributed by atoms with Gasteiger partial charge >= 0.3 is 13.1 Å². The van der Waals surface area contributed by atoms with E-state index in [1.165, 1.54) is 0 Å². The van der Waals surface area contributed by atoms with E-state index in [-0.39, 0.29) is 5.97 Å². The average molecular weight is 394 g/mol. The zero-order chi connectivity index (χ0) is 17.7. The minimum Gasteiger partial charge on any atom is -0.461 e. The Morgan fingerprint density at radius 1 is 1.25 bits per heavy atom. The molecule has 7 heteroatoms. The highest BCUT2D eigenvalue weighted by Gasteiger charge is 2.52. The SMILES string of the molecule is CCOC(=O)c1cc2c(Br)ccc(B3OC(C)(C)C(C)(C)O3)c2[nH]1. The third-order valence-electron chi connectivity index (χ3n) is 4.78. The summed E-state index contributed by atoms with van der Waals surface area (Å²) < 4.78 is 18.3. The normalized spacial score (nSPS) is 19.0. The predicted molar refractivity (Wildman–Crippen MR) is 97.7 cm³/mol. The maximum absolute atomic E-state index is 12.0. The summed E-state index contributed by atoms with van der Waals surface area (Å²) in [5.41, 5.74) is 1.24. The first kappa shape index (κ1) is 17.5. The van der Waals surface area contributed by atoms with Crippen LogP contribution in [0.5, 0.6) is 0 Å². The number of hydrogen-bond donors (Lipinski definition) is 1. The van der Waals surface area contributed by atoms with Gasteiger partial charge in [0.1, 0.15) is 5.69 Å². The molecule has 0 atom stereocenters. The molecule has 24 heavy (non-hydrogen) atoms. The third kappa shape index (κ3) is 2.78. The number of carbonyl (C=O) groups is 1. The summed E-state index contributed by atoms with van der Waals surface area (Å²) in [7, 11) is -0.501. The summed E-state index contributed by atoms with van der Waals surface area (Å²) in [6, 6.07) is 5.66. The molecule has 1 aromatic heterocycles. The third-order valence-corrected chi connectivity index (χ3v) is 5.47. The van der Waals surface area contributed by atoms with Gasteiger partial charge in [0.15, 0.2) is 0 Å². The standard InChI is InChI=1S/C17H21BBrNO4/c1-6-22-15(21)13-9-10-12(19)8-7-11(14(10)20-13)18-23-16(2,3)17(4,5)24-18/h7-9,20H,6H2,1-5H3. The maximum Gasteiger partial charge on any atom is 0.497 e. The molecule has 1 fully saturated rings. The first-order valence-corrected chi connectivity index (χ1v) is 8.79. The van der Waals surface area contributed by atoms with E-state index in [4.69, 9.17) is 14.0 Å². The number of hydrogen-bond acceptors (Lipinski definition) is 4. The molecule has 1 N–H and O–H groups in total. The van der Waals surface area contributed by atoms with Crippen molar-refractivity contribution in [3.05, 3.63) is 28.4 Å². The van der Waals surface area contributed by atoms with Crippen LogP contribution in [0.15, 0.2) is 22.7 Å². The molecule has 5 nitrogen and oxygen atoms in total. The lowest BCUT2D eigenvalue weighted by Crippen LogP contribution is -2.41. The van der Waals surface area contributed by atoms with Gasteiger partial charge in [0.05, 0.1) is 17.8 Å². The lowest BCUT2D eigenvalue weighted by atomic mass is 9.78. The Morgan fingerprint density at radius 2 is 1.88 bits per heavy atom. The molecule has 1 aliphatic rings. The van der Waals surface area contributed by atoms with Crippen molar-refractivity contribution in [2.24, 2.45) is 0 Å². The largest absolute Gasteiger partial charge is 0.497 e. The molecule has 2 heterocycles. The minimum absolute atomic E-state index is 0.333. The van der Waals surface area contributed by atoms with E-state index in [2.05, 4.69) is 20.9 Å². The van der Waals surface area contributed by atoms with Crippen molar-refractivity contribution in [1.29, 1.82) is 0 Å². The minimum atomic E-state index is -0.501. The first-order valence-electron chi connectivity index (χ1n) is 8.00. The Morgan fingerprint density at radius 3 is 2.46 bits per heavy atom. The van der Waals surface area contributed by atoms with Gasteiger partial charge in [-0.3, -0.25) is 0 Å². The molecule has 0 amide bonds. The summed E-state index contributed by atoms with van der Waals surface area (Å²) in [6.45, 7) is 10.2. The van der Waals surface area contributed by atoms with E-state index < -0.39 is 18.3 Å². The Kier molecular flexibility index (Phi) is 4.30. The van der Waals surface area contributed by atoms with Crippen LogP contribution in [0.4, 0.5) is 0 Å². The van der Waals surface area contributed by atoms with E-state index >= 15 is 0 Å². The van der Waals surface area contributed by atoms with Crippen molar-refractivity contribution in [2.45, 2.75) is 45.8 Å². The molecule has 0 bridgehead atoms. The Labute approximate surface area is 150 Å². The number of nitrogens with one attached hydrogen (secondary N) is 1. The number of benzene rings is 1. The van der Waals surface area contributed by atoms with Crippen LogP contribution in [0.1, 0.15) is 45.1 Å². The summed E-state index contributed by atoms with van der Waals surface area (Å²) in [4.78, 5) is 15.2. The molecule has 1 saturated heterocycles. The number of carbonyl (C=O) groups excluding carboxylic acids is 1. The second kappa shape index (κ2) is 5.90. The van der Waals surface area contributed by atoms with Gasteiger partial charge < -0.3 is 19.0 Å². The monoisotopic (exact) mass is 393 g/mol. The van der Waals surface area contributed by atoms with E-state index in [1.807, 2.05) is 39.8 Å². The van der Waals surface area contributed by atoms with Gasteiger partial charge in [-0.15, -0.1) is 0 Å². The van der Waals surface area contributed by atoms with Gasteiger partial charge in [-0.25, -0.2) is 4.79 Å². The lowest BCUT2D eigenvalue weighted by molar-refractivity contribution is 0.00578. The van der Waals surface area contributed by atoms with Crippen molar-refractivity contribution in [2.75, 3.05) is 6.61 Å². The highest BCUT2D eigenvalue weighted by molar-refractivity contribution is 9.10. The molecule has 2 aromatic rings. The van der Waals surface area contributed by atoms with Crippen LogP contribution in [0.25, 0.3) is 10.9 Å². The predicted octanol–water partition coefficient (Wildman–Crippen LogP) is 3.41. The van der Waals surface area contributed by atoms with Crippen molar-refractivity contribution >= 4 is 45.4 Å². The molecule has 3 rings (SSSR count). The smallest absolute Gasteiger partial charge is 0.461 e. The van der Waals surface area contributed by atoms with Crippen molar-refractivity contribution < 1.29 is 18.8 Å². The molecular weight excluding hydrogens is 373 g/mol. The van der Waals surface area contributed by atoms with Crippen LogP contribution < -0.4 is 5.46 Å². The fourth-order valence-corrected chi connectivity index (χ4v) is 3.14. The van der Waals surface area contributed by atoms with E-state index in [0.29, 0.717) is 12.3 Å². The highest BCUT2D eigenvalue weighted by Crippen LogP contribution is 2.37. The molecule has 0 unspecified atom stereocenters. The summed E-state index contributed by atoms with van der Waals surface area (Å²) in [5.74, 6) is -0.375. The van der Waals surface area contributed by atoms with Crippen LogP contribution in [-0.4, -0.2) is 35.9 Å². The molecule has 0 spiro atoms. The van der Waals surface area contributed by atoms with Crippen molar-refractivity contribution in [3.63, 3.8) is 0 Å². The number of H-pyrrole nitrogens is 1. The van der Waals surface area contributed by atoms with Gasteiger partial charge in [-0.2, -0.15) is 0 Å².